The van der Waals surface area contributed by atoms with Gasteiger partial charge in [-0.3, -0.25) is 4.90 Å². The summed E-state index contributed by atoms with van der Waals surface area (Å²) in [6, 6.07) is 0.586. The van der Waals surface area contributed by atoms with Gasteiger partial charge in [0.05, 0.1) is 6.10 Å². The minimum atomic E-state index is -0.335. The van der Waals surface area contributed by atoms with Gasteiger partial charge >= 0.3 is 0 Å². The molecule has 4 heteroatoms. The highest BCUT2D eigenvalue weighted by atomic mass is 16.3. The average molecular weight is 215 g/mol. The van der Waals surface area contributed by atoms with Crippen molar-refractivity contribution in [3.05, 3.63) is 0 Å². The molecule has 1 fully saturated rings. The van der Waals surface area contributed by atoms with E-state index in [1.165, 1.54) is 13.0 Å². The highest BCUT2D eigenvalue weighted by Gasteiger charge is 2.19. The molecular formula is C11H25N3O. The molecule has 0 amide bonds. The van der Waals surface area contributed by atoms with Crippen LogP contribution in [0.3, 0.4) is 0 Å². The summed E-state index contributed by atoms with van der Waals surface area (Å²) >= 11 is 0. The Kier molecular flexibility index (Phi) is 5.53. The maximum Gasteiger partial charge on any atom is 0.0674 e. The smallest absolute Gasteiger partial charge is 0.0674 e. The molecule has 2 unspecified atom stereocenters. The van der Waals surface area contributed by atoms with Crippen LogP contribution in [0.2, 0.25) is 0 Å². The number of aliphatic hydroxyl groups is 1. The van der Waals surface area contributed by atoms with Gasteiger partial charge in [-0.05, 0) is 39.9 Å². The monoisotopic (exact) mass is 215 g/mol. The summed E-state index contributed by atoms with van der Waals surface area (Å²) in [5.41, 5.74) is 5.40. The summed E-state index contributed by atoms with van der Waals surface area (Å²) in [5, 5.41) is 9.44. The molecule has 0 saturated carbocycles. The van der Waals surface area contributed by atoms with E-state index >= 15 is 0 Å². The zero-order valence-electron chi connectivity index (χ0n) is 10.0. The Labute approximate surface area is 93.0 Å². The van der Waals surface area contributed by atoms with Crippen LogP contribution in [0, 0.1) is 0 Å². The number of rotatable bonds is 4. The molecule has 3 N–H and O–H groups in total. The third kappa shape index (κ3) is 4.47. The number of nitrogens with two attached hydrogens (primary N) is 1. The summed E-state index contributed by atoms with van der Waals surface area (Å²) in [7, 11) is 2.18. The van der Waals surface area contributed by atoms with E-state index in [9.17, 15) is 5.11 Å². The Bertz CT molecular complexity index is 177. The molecule has 0 spiro atoms. The first kappa shape index (κ1) is 12.9. The molecule has 0 radical (unpaired) electrons. The van der Waals surface area contributed by atoms with Crippen LogP contribution in [0.5, 0.6) is 0 Å². The molecule has 1 aliphatic heterocycles. The van der Waals surface area contributed by atoms with Gasteiger partial charge in [0.15, 0.2) is 0 Å². The Balaban J connectivity index is 2.32. The van der Waals surface area contributed by atoms with Crippen LogP contribution in [-0.2, 0) is 0 Å². The van der Waals surface area contributed by atoms with Gasteiger partial charge in [-0.25, -0.2) is 0 Å². The average Bonchev–Trinajstić information content (AvgIpc) is 2.36. The van der Waals surface area contributed by atoms with E-state index in [1.54, 1.807) is 0 Å². The summed E-state index contributed by atoms with van der Waals surface area (Å²) in [4.78, 5) is 4.84. The maximum absolute atomic E-state index is 9.44. The molecule has 0 aromatic heterocycles. The van der Waals surface area contributed by atoms with Crippen LogP contribution in [0.1, 0.15) is 19.8 Å². The molecule has 0 aliphatic carbocycles. The van der Waals surface area contributed by atoms with Crippen molar-refractivity contribution in [2.24, 2.45) is 5.73 Å². The highest BCUT2D eigenvalue weighted by Crippen LogP contribution is 2.09. The standard InChI is InChI=1S/C11H25N3O/c1-10-9-13(2)5-3-6-14(10)7-4-11(15)8-12/h10-11,15H,3-9,12H2,1-2H3. The summed E-state index contributed by atoms with van der Waals surface area (Å²) in [6.07, 6.45) is 1.68. The molecule has 2 atom stereocenters. The zero-order valence-corrected chi connectivity index (χ0v) is 10.0. The fourth-order valence-electron chi connectivity index (χ4n) is 2.19. The third-order valence-electron chi connectivity index (χ3n) is 3.21. The molecule has 4 nitrogen and oxygen atoms in total. The van der Waals surface area contributed by atoms with Gasteiger partial charge in [-0.2, -0.15) is 0 Å². The molecule has 0 bridgehead atoms. The van der Waals surface area contributed by atoms with Crippen LogP contribution in [0.15, 0.2) is 0 Å². The van der Waals surface area contributed by atoms with Crippen LogP contribution >= 0.6 is 0 Å². The van der Waals surface area contributed by atoms with Crippen molar-refractivity contribution in [1.82, 2.24) is 9.80 Å². The SMILES string of the molecule is CC1CN(C)CCCN1CCC(O)CN. The molecular weight excluding hydrogens is 190 g/mol. The van der Waals surface area contributed by atoms with E-state index in [0.29, 0.717) is 12.6 Å². The molecule has 15 heavy (non-hydrogen) atoms. The van der Waals surface area contributed by atoms with E-state index in [4.69, 9.17) is 5.73 Å². The number of aliphatic hydroxyl groups excluding tert-OH is 1. The molecule has 1 aliphatic rings. The largest absolute Gasteiger partial charge is 0.392 e. The molecule has 0 aromatic rings. The van der Waals surface area contributed by atoms with Crippen molar-refractivity contribution in [2.75, 3.05) is 39.8 Å². The van der Waals surface area contributed by atoms with Crippen molar-refractivity contribution in [3.63, 3.8) is 0 Å². The highest BCUT2D eigenvalue weighted by molar-refractivity contribution is 4.76. The van der Waals surface area contributed by atoms with E-state index in [0.717, 1.165) is 26.1 Å². The van der Waals surface area contributed by atoms with E-state index in [1.807, 2.05) is 0 Å². The summed E-state index contributed by atoms with van der Waals surface area (Å²) in [6.45, 7) is 7.05. The van der Waals surface area contributed by atoms with Crippen molar-refractivity contribution < 1.29 is 5.11 Å². The second-order valence-corrected chi connectivity index (χ2v) is 4.68. The van der Waals surface area contributed by atoms with Gasteiger partial charge in [0.25, 0.3) is 0 Å². The number of nitrogens with zero attached hydrogens (tertiary/aromatic N) is 2. The van der Waals surface area contributed by atoms with Crippen molar-refractivity contribution in [2.45, 2.75) is 31.9 Å². The Hall–Kier alpha value is -0.160. The predicted molar refractivity (Wildman–Crippen MR) is 62.8 cm³/mol. The zero-order chi connectivity index (χ0) is 11.3. The van der Waals surface area contributed by atoms with Crippen LogP contribution in [-0.4, -0.2) is 66.8 Å². The first-order valence-electron chi connectivity index (χ1n) is 5.94. The predicted octanol–water partition coefficient (Wildman–Crippen LogP) is -0.278. The first-order valence-corrected chi connectivity index (χ1v) is 5.94. The van der Waals surface area contributed by atoms with Crippen molar-refractivity contribution >= 4 is 0 Å². The number of hydrogen-bond donors (Lipinski definition) is 2. The van der Waals surface area contributed by atoms with Gasteiger partial charge in [0.1, 0.15) is 0 Å². The number of hydrogen-bond acceptors (Lipinski definition) is 4. The Morgan fingerprint density at radius 1 is 1.47 bits per heavy atom. The fraction of sp³-hybridized carbons (Fsp3) is 1.00. The van der Waals surface area contributed by atoms with Gasteiger partial charge in [-0.1, -0.05) is 0 Å². The normalized spacial score (nSPS) is 27.6. The fourth-order valence-corrected chi connectivity index (χ4v) is 2.19. The van der Waals surface area contributed by atoms with Gasteiger partial charge < -0.3 is 15.7 Å². The third-order valence-corrected chi connectivity index (χ3v) is 3.21. The molecule has 1 rings (SSSR count). The lowest BCUT2D eigenvalue weighted by molar-refractivity contribution is 0.131. The van der Waals surface area contributed by atoms with E-state index in [-0.39, 0.29) is 6.10 Å². The molecule has 1 heterocycles. The van der Waals surface area contributed by atoms with Crippen LogP contribution in [0.4, 0.5) is 0 Å². The molecule has 0 aromatic carbocycles. The summed E-state index contributed by atoms with van der Waals surface area (Å²) in [5.74, 6) is 0. The Morgan fingerprint density at radius 2 is 2.20 bits per heavy atom. The lowest BCUT2D eigenvalue weighted by Crippen LogP contribution is -2.39. The Morgan fingerprint density at radius 3 is 2.87 bits per heavy atom. The number of likely N-dealkylation sites (N-methyl/N-ethyl adjacent to an activating group) is 1. The molecule has 1 saturated heterocycles. The maximum atomic E-state index is 9.44. The first-order chi connectivity index (χ1) is 7.13. The second kappa shape index (κ2) is 6.43. The molecule has 90 valence electrons. The minimum Gasteiger partial charge on any atom is -0.392 e. The van der Waals surface area contributed by atoms with E-state index in [2.05, 4.69) is 23.8 Å². The lowest BCUT2D eigenvalue weighted by atomic mass is 10.2. The summed E-state index contributed by atoms with van der Waals surface area (Å²) < 4.78 is 0. The van der Waals surface area contributed by atoms with E-state index < -0.39 is 0 Å². The van der Waals surface area contributed by atoms with Crippen LogP contribution < -0.4 is 5.73 Å². The van der Waals surface area contributed by atoms with Gasteiger partial charge in [0, 0.05) is 25.7 Å². The van der Waals surface area contributed by atoms with Crippen molar-refractivity contribution in [1.29, 1.82) is 0 Å². The lowest BCUT2D eigenvalue weighted by Gasteiger charge is -2.28. The van der Waals surface area contributed by atoms with Gasteiger partial charge in [0.2, 0.25) is 0 Å². The van der Waals surface area contributed by atoms with Crippen LogP contribution in [0.25, 0.3) is 0 Å². The quantitative estimate of drug-likeness (QED) is 0.677. The van der Waals surface area contributed by atoms with Crippen molar-refractivity contribution in [3.8, 4) is 0 Å². The van der Waals surface area contributed by atoms with Gasteiger partial charge in [-0.15, -0.1) is 0 Å². The minimum absolute atomic E-state index is 0.335. The second-order valence-electron chi connectivity index (χ2n) is 4.68. The topological polar surface area (TPSA) is 52.7 Å².